The molecule has 0 saturated heterocycles. The molecule has 0 aliphatic carbocycles. The van der Waals surface area contributed by atoms with Gasteiger partial charge in [-0.1, -0.05) is 42.5 Å². The highest BCUT2D eigenvalue weighted by Gasteiger charge is 2.13. The molecule has 0 fully saturated rings. The Labute approximate surface area is 205 Å². The Morgan fingerprint density at radius 1 is 0.743 bits per heavy atom. The summed E-state index contributed by atoms with van der Waals surface area (Å²) in [6.07, 6.45) is 0. The van der Waals surface area contributed by atoms with E-state index in [1.807, 2.05) is 61.5 Å². The van der Waals surface area contributed by atoms with Crippen molar-refractivity contribution in [3.05, 3.63) is 108 Å². The van der Waals surface area contributed by atoms with E-state index >= 15 is 0 Å². The maximum atomic E-state index is 12.9. The van der Waals surface area contributed by atoms with Crippen LogP contribution in [0.5, 0.6) is 28.7 Å². The molecule has 0 bridgehead atoms. The quantitative estimate of drug-likeness (QED) is 0.279. The second kappa shape index (κ2) is 11.6. The molecule has 0 saturated carbocycles. The first kappa shape index (κ1) is 23.7. The van der Waals surface area contributed by atoms with E-state index < -0.39 is 0 Å². The van der Waals surface area contributed by atoms with E-state index in [9.17, 15) is 4.79 Å². The molecule has 4 aromatic carbocycles. The summed E-state index contributed by atoms with van der Waals surface area (Å²) in [5, 5.41) is 2.90. The Morgan fingerprint density at radius 3 is 2.17 bits per heavy atom. The zero-order chi connectivity index (χ0) is 24.5. The average molecular weight is 470 g/mol. The summed E-state index contributed by atoms with van der Waals surface area (Å²) in [5.41, 5.74) is 2.16. The predicted molar refractivity (Wildman–Crippen MR) is 136 cm³/mol. The summed E-state index contributed by atoms with van der Waals surface area (Å²) >= 11 is 0. The summed E-state index contributed by atoms with van der Waals surface area (Å²) in [5.74, 6) is 2.75. The van der Waals surface area contributed by atoms with Crippen LogP contribution in [-0.2, 0) is 6.61 Å². The molecule has 0 atom stereocenters. The normalized spacial score (nSPS) is 10.3. The molecular weight excluding hydrogens is 442 g/mol. The van der Waals surface area contributed by atoms with Crippen LogP contribution < -0.4 is 24.3 Å². The topological polar surface area (TPSA) is 66.0 Å². The van der Waals surface area contributed by atoms with Crippen LogP contribution in [0.1, 0.15) is 22.8 Å². The summed E-state index contributed by atoms with van der Waals surface area (Å²) in [4.78, 5) is 12.9. The van der Waals surface area contributed by atoms with Gasteiger partial charge in [0.05, 0.1) is 13.7 Å². The Balaban J connectivity index is 1.41. The minimum absolute atomic E-state index is 0.251. The lowest BCUT2D eigenvalue weighted by Crippen LogP contribution is -2.12. The van der Waals surface area contributed by atoms with Gasteiger partial charge in [-0.25, -0.2) is 0 Å². The van der Waals surface area contributed by atoms with Gasteiger partial charge in [-0.05, 0) is 67.1 Å². The Hall–Kier alpha value is -4.45. The number of benzene rings is 4. The first-order valence-electron chi connectivity index (χ1n) is 11.3. The third-order valence-electron chi connectivity index (χ3n) is 5.15. The third kappa shape index (κ3) is 6.32. The monoisotopic (exact) mass is 469 g/mol. The van der Waals surface area contributed by atoms with Crippen molar-refractivity contribution in [2.45, 2.75) is 13.5 Å². The van der Waals surface area contributed by atoms with Crippen molar-refractivity contribution in [2.75, 3.05) is 19.0 Å². The Kier molecular flexibility index (Phi) is 7.86. The number of amides is 1. The number of para-hydroxylation sites is 2. The molecule has 6 nitrogen and oxygen atoms in total. The second-order valence-corrected chi connectivity index (χ2v) is 7.60. The fourth-order valence-corrected chi connectivity index (χ4v) is 3.41. The largest absolute Gasteiger partial charge is 0.493 e. The molecule has 35 heavy (non-hydrogen) atoms. The molecule has 4 aromatic rings. The zero-order valence-corrected chi connectivity index (χ0v) is 19.7. The van der Waals surface area contributed by atoms with Crippen molar-refractivity contribution in [2.24, 2.45) is 0 Å². The van der Waals surface area contributed by atoms with E-state index in [0.29, 0.717) is 53.2 Å². The molecule has 0 heterocycles. The molecule has 178 valence electrons. The van der Waals surface area contributed by atoms with Gasteiger partial charge in [-0.3, -0.25) is 4.79 Å². The van der Waals surface area contributed by atoms with Crippen molar-refractivity contribution < 1.29 is 23.7 Å². The molecule has 0 radical (unpaired) electrons. The molecule has 1 N–H and O–H groups in total. The lowest BCUT2D eigenvalue weighted by atomic mass is 10.1. The molecule has 1 amide bonds. The average Bonchev–Trinajstić information content (AvgIpc) is 2.90. The first-order valence-corrected chi connectivity index (χ1v) is 11.3. The highest BCUT2D eigenvalue weighted by molar-refractivity contribution is 6.04. The molecule has 0 aliphatic rings. The van der Waals surface area contributed by atoms with Gasteiger partial charge in [0.25, 0.3) is 5.91 Å². The van der Waals surface area contributed by atoms with Gasteiger partial charge >= 0.3 is 0 Å². The number of anilines is 1. The summed E-state index contributed by atoms with van der Waals surface area (Å²) in [6.45, 7) is 2.76. The number of hydrogen-bond donors (Lipinski definition) is 1. The summed E-state index contributed by atoms with van der Waals surface area (Å²) in [6, 6.07) is 29.6. The highest BCUT2D eigenvalue weighted by Crippen LogP contribution is 2.32. The van der Waals surface area contributed by atoms with Crippen molar-refractivity contribution in [3.8, 4) is 28.7 Å². The highest BCUT2D eigenvalue weighted by atomic mass is 16.5. The van der Waals surface area contributed by atoms with E-state index in [1.54, 1.807) is 49.6 Å². The van der Waals surface area contributed by atoms with Crippen LogP contribution in [0.15, 0.2) is 97.1 Å². The molecule has 6 heteroatoms. The molecule has 0 aliphatic heterocycles. The second-order valence-electron chi connectivity index (χ2n) is 7.60. The van der Waals surface area contributed by atoms with Crippen molar-refractivity contribution in [3.63, 3.8) is 0 Å². The van der Waals surface area contributed by atoms with Crippen LogP contribution in [0.4, 0.5) is 5.69 Å². The zero-order valence-electron chi connectivity index (χ0n) is 19.7. The van der Waals surface area contributed by atoms with Crippen molar-refractivity contribution >= 4 is 11.6 Å². The first-order chi connectivity index (χ1) is 17.2. The van der Waals surface area contributed by atoms with Gasteiger partial charge in [0.2, 0.25) is 0 Å². The number of hydrogen-bond acceptors (Lipinski definition) is 5. The third-order valence-corrected chi connectivity index (χ3v) is 5.15. The molecule has 4 rings (SSSR count). The number of carbonyl (C=O) groups is 1. The van der Waals surface area contributed by atoms with Gasteiger partial charge < -0.3 is 24.3 Å². The lowest BCUT2D eigenvalue weighted by Gasteiger charge is -2.14. The van der Waals surface area contributed by atoms with Gasteiger partial charge in [-0.15, -0.1) is 0 Å². The van der Waals surface area contributed by atoms with E-state index in [0.717, 1.165) is 5.56 Å². The van der Waals surface area contributed by atoms with E-state index in [2.05, 4.69) is 5.32 Å². The van der Waals surface area contributed by atoms with Crippen LogP contribution in [0.2, 0.25) is 0 Å². The maximum Gasteiger partial charge on any atom is 0.255 e. The number of nitrogens with one attached hydrogen (secondary N) is 1. The van der Waals surface area contributed by atoms with Crippen LogP contribution in [0, 0.1) is 0 Å². The minimum Gasteiger partial charge on any atom is -0.493 e. The maximum absolute atomic E-state index is 12.9. The SMILES string of the molecule is CCOc1cc(C(=O)Nc2ccc(Oc3ccccc3OC)cc2)ccc1OCc1ccccc1. The summed E-state index contributed by atoms with van der Waals surface area (Å²) < 4.78 is 22.9. The van der Waals surface area contributed by atoms with E-state index in [4.69, 9.17) is 18.9 Å². The van der Waals surface area contributed by atoms with Gasteiger partial charge in [0.15, 0.2) is 23.0 Å². The Morgan fingerprint density at radius 2 is 1.46 bits per heavy atom. The van der Waals surface area contributed by atoms with Crippen LogP contribution >= 0.6 is 0 Å². The number of carbonyl (C=O) groups excluding carboxylic acids is 1. The van der Waals surface area contributed by atoms with Crippen LogP contribution in [0.3, 0.4) is 0 Å². The lowest BCUT2D eigenvalue weighted by molar-refractivity contribution is 0.102. The van der Waals surface area contributed by atoms with E-state index in [-0.39, 0.29) is 5.91 Å². The van der Waals surface area contributed by atoms with Crippen molar-refractivity contribution in [1.82, 2.24) is 0 Å². The number of methoxy groups -OCH3 is 1. The smallest absolute Gasteiger partial charge is 0.255 e. The van der Waals surface area contributed by atoms with Crippen LogP contribution in [-0.4, -0.2) is 19.6 Å². The molecular formula is C29H27NO5. The molecule has 0 unspecified atom stereocenters. The van der Waals surface area contributed by atoms with Gasteiger partial charge in [0, 0.05) is 11.3 Å². The Bertz CT molecular complexity index is 1260. The van der Waals surface area contributed by atoms with Crippen molar-refractivity contribution in [1.29, 1.82) is 0 Å². The number of ether oxygens (including phenoxy) is 4. The summed E-state index contributed by atoms with van der Waals surface area (Å²) in [7, 11) is 1.60. The number of rotatable bonds is 10. The fraction of sp³-hybridized carbons (Fsp3) is 0.138. The predicted octanol–water partition coefficient (Wildman–Crippen LogP) is 6.72. The van der Waals surface area contributed by atoms with Gasteiger partial charge in [-0.2, -0.15) is 0 Å². The van der Waals surface area contributed by atoms with E-state index in [1.165, 1.54) is 0 Å². The molecule has 0 spiro atoms. The molecule has 0 aromatic heterocycles. The standard InChI is InChI=1S/C29H27NO5/c1-3-33-28-19-22(13-18-26(28)34-20-21-9-5-4-6-10-21)29(31)30-23-14-16-24(17-15-23)35-27-12-8-7-11-25(27)32-2/h4-19H,3,20H2,1-2H3,(H,30,31). The fourth-order valence-electron chi connectivity index (χ4n) is 3.41. The minimum atomic E-state index is -0.251. The van der Waals surface area contributed by atoms with Crippen LogP contribution in [0.25, 0.3) is 0 Å². The van der Waals surface area contributed by atoms with Gasteiger partial charge in [0.1, 0.15) is 12.4 Å².